The van der Waals surface area contributed by atoms with Gasteiger partial charge in [-0.25, -0.2) is 4.39 Å². The van der Waals surface area contributed by atoms with E-state index in [1.54, 1.807) is 0 Å². The molecule has 2 aliphatic rings. The monoisotopic (exact) mass is 398 g/mol. The van der Waals surface area contributed by atoms with Crippen LogP contribution in [0.5, 0.6) is 11.5 Å². The van der Waals surface area contributed by atoms with E-state index in [2.05, 4.69) is 4.90 Å². The van der Waals surface area contributed by atoms with Gasteiger partial charge in [0.25, 0.3) is 0 Å². The number of benzene rings is 2. The maximum absolute atomic E-state index is 12.9. The second-order valence-electron chi connectivity index (χ2n) is 7.27. The second-order valence-corrected chi connectivity index (χ2v) is 7.27. The molecule has 6 nitrogen and oxygen atoms in total. The van der Waals surface area contributed by atoms with Crippen molar-refractivity contribution in [3.63, 3.8) is 0 Å². The van der Waals surface area contributed by atoms with Gasteiger partial charge in [0, 0.05) is 51.1 Å². The molecule has 0 bridgehead atoms. The summed E-state index contributed by atoms with van der Waals surface area (Å²) in [6, 6.07) is 11.4. The van der Waals surface area contributed by atoms with Gasteiger partial charge in [0.1, 0.15) is 5.82 Å². The molecule has 0 atom stereocenters. The van der Waals surface area contributed by atoms with Crippen LogP contribution in [0.15, 0.2) is 42.5 Å². The number of hydrogen-bond acceptors (Lipinski definition) is 5. The van der Waals surface area contributed by atoms with Crippen molar-refractivity contribution in [1.82, 2.24) is 9.80 Å². The predicted octanol–water partition coefficient (Wildman–Crippen LogP) is 2.86. The van der Waals surface area contributed by atoms with Crippen molar-refractivity contribution in [1.29, 1.82) is 0 Å². The van der Waals surface area contributed by atoms with Crippen LogP contribution in [0.2, 0.25) is 0 Å². The zero-order chi connectivity index (χ0) is 20.2. The molecule has 7 heteroatoms. The van der Waals surface area contributed by atoms with Gasteiger partial charge in [0.2, 0.25) is 12.7 Å². The van der Waals surface area contributed by atoms with E-state index >= 15 is 0 Å². The Labute approximate surface area is 168 Å². The number of piperazine rings is 1. The minimum absolute atomic E-state index is 0.0109. The highest BCUT2D eigenvalue weighted by molar-refractivity contribution is 5.97. The van der Waals surface area contributed by atoms with E-state index in [9.17, 15) is 14.0 Å². The largest absolute Gasteiger partial charge is 0.454 e. The molecule has 2 aliphatic heterocycles. The van der Waals surface area contributed by atoms with Crippen molar-refractivity contribution in [3.05, 3.63) is 59.4 Å². The highest BCUT2D eigenvalue weighted by Crippen LogP contribution is 2.32. The predicted molar refractivity (Wildman–Crippen MR) is 104 cm³/mol. The van der Waals surface area contributed by atoms with E-state index in [1.165, 1.54) is 24.3 Å². The molecular formula is C22H23FN2O4. The lowest BCUT2D eigenvalue weighted by Crippen LogP contribution is -2.48. The summed E-state index contributed by atoms with van der Waals surface area (Å²) in [7, 11) is 0. The van der Waals surface area contributed by atoms with Crippen molar-refractivity contribution >= 4 is 11.7 Å². The molecule has 0 spiro atoms. The molecule has 4 rings (SSSR count). The molecule has 0 aliphatic carbocycles. The summed E-state index contributed by atoms with van der Waals surface area (Å²) >= 11 is 0. The SMILES string of the molecule is O=C(CCC(=O)N1CCN(Cc2ccc3c(c2)OCO3)CC1)c1ccc(F)cc1. The molecule has 2 heterocycles. The van der Waals surface area contributed by atoms with Crippen LogP contribution < -0.4 is 9.47 Å². The number of ether oxygens (including phenoxy) is 2. The first kappa shape index (κ1) is 19.4. The Morgan fingerprint density at radius 3 is 2.38 bits per heavy atom. The van der Waals surface area contributed by atoms with Gasteiger partial charge in [-0.1, -0.05) is 6.07 Å². The number of ketones is 1. The van der Waals surface area contributed by atoms with E-state index in [4.69, 9.17) is 9.47 Å². The van der Waals surface area contributed by atoms with E-state index in [0.717, 1.165) is 36.7 Å². The number of fused-ring (bicyclic) bond motifs is 1. The van der Waals surface area contributed by atoms with Gasteiger partial charge in [-0.2, -0.15) is 0 Å². The average Bonchev–Trinajstić information content (AvgIpc) is 3.21. The summed E-state index contributed by atoms with van der Waals surface area (Å²) in [5.41, 5.74) is 1.59. The maximum atomic E-state index is 12.9. The van der Waals surface area contributed by atoms with Crippen LogP contribution in [0.1, 0.15) is 28.8 Å². The Morgan fingerprint density at radius 2 is 1.62 bits per heavy atom. The highest BCUT2D eigenvalue weighted by Gasteiger charge is 2.22. The Hall–Kier alpha value is -2.93. The van der Waals surface area contributed by atoms with E-state index in [1.807, 2.05) is 23.1 Å². The topological polar surface area (TPSA) is 59.1 Å². The summed E-state index contributed by atoms with van der Waals surface area (Å²) in [5, 5.41) is 0. The Morgan fingerprint density at radius 1 is 0.897 bits per heavy atom. The zero-order valence-electron chi connectivity index (χ0n) is 16.1. The summed E-state index contributed by atoms with van der Waals surface area (Å²) < 4.78 is 23.7. The maximum Gasteiger partial charge on any atom is 0.231 e. The third-order valence-corrected chi connectivity index (χ3v) is 5.30. The van der Waals surface area contributed by atoms with Crippen LogP contribution in [0.25, 0.3) is 0 Å². The Bertz CT molecular complexity index is 892. The second kappa shape index (κ2) is 8.61. The quantitative estimate of drug-likeness (QED) is 0.701. The van der Waals surface area contributed by atoms with Gasteiger partial charge in [-0.3, -0.25) is 14.5 Å². The normalized spacial score (nSPS) is 16.1. The molecule has 0 aromatic heterocycles. The molecule has 1 amide bonds. The molecular weight excluding hydrogens is 375 g/mol. The van der Waals surface area contributed by atoms with Crippen molar-refractivity contribution < 1.29 is 23.5 Å². The number of rotatable bonds is 6. The molecule has 0 saturated carbocycles. The summed E-state index contributed by atoms with van der Waals surface area (Å²) in [4.78, 5) is 28.7. The average molecular weight is 398 g/mol. The van der Waals surface area contributed by atoms with Crippen molar-refractivity contribution in [2.75, 3.05) is 33.0 Å². The lowest BCUT2D eigenvalue weighted by atomic mass is 10.1. The number of amides is 1. The number of carbonyl (C=O) groups excluding carboxylic acids is 2. The van der Waals surface area contributed by atoms with Crippen LogP contribution in [0.4, 0.5) is 4.39 Å². The third-order valence-electron chi connectivity index (χ3n) is 5.30. The Kier molecular flexibility index (Phi) is 5.76. The van der Waals surface area contributed by atoms with Crippen LogP contribution in [-0.4, -0.2) is 54.5 Å². The number of Topliss-reactive ketones (excluding diaryl/α,β-unsaturated/α-hetero) is 1. The van der Waals surface area contributed by atoms with Gasteiger partial charge in [0.15, 0.2) is 17.3 Å². The summed E-state index contributed by atoms with van der Waals surface area (Å²) in [6.07, 6.45) is 0.320. The molecule has 152 valence electrons. The van der Waals surface area contributed by atoms with Crippen LogP contribution in [0, 0.1) is 5.82 Å². The number of halogens is 1. The molecule has 29 heavy (non-hydrogen) atoms. The minimum atomic E-state index is -0.378. The van der Waals surface area contributed by atoms with Gasteiger partial charge in [-0.15, -0.1) is 0 Å². The van der Waals surface area contributed by atoms with Gasteiger partial charge in [-0.05, 0) is 42.0 Å². The fourth-order valence-corrected chi connectivity index (χ4v) is 3.61. The smallest absolute Gasteiger partial charge is 0.231 e. The lowest BCUT2D eigenvalue weighted by Gasteiger charge is -2.34. The fraction of sp³-hybridized carbons (Fsp3) is 0.364. The van der Waals surface area contributed by atoms with Gasteiger partial charge >= 0.3 is 0 Å². The van der Waals surface area contributed by atoms with Gasteiger partial charge in [0.05, 0.1) is 0 Å². The van der Waals surface area contributed by atoms with Crippen LogP contribution in [0.3, 0.4) is 0 Å². The molecule has 2 aromatic rings. The first-order valence-electron chi connectivity index (χ1n) is 9.76. The molecule has 0 radical (unpaired) electrons. The van der Waals surface area contributed by atoms with Gasteiger partial charge < -0.3 is 14.4 Å². The third kappa shape index (κ3) is 4.74. The summed E-state index contributed by atoms with van der Waals surface area (Å²) in [6.45, 7) is 3.92. The zero-order valence-corrected chi connectivity index (χ0v) is 16.1. The standard InChI is InChI=1S/C22H23FN2O4/c23-18-4-2-17(3-5-18)19(26)6-8-22(27)25-11-9-24(10-12-25)14-16-1-7-20-21(13-16)29-15-28-20/h1-5,7,13H,6,8-12,14-15H2. The number of hydrogen-bond donors (Lipinski definition) is 0. The van der Waals surface area contributed by atoms with E-state index in [-0.39, 0.29) is 37.1 Å². The fourth-order valence-electron chi connectivity index (χ4n) is 3.61. The van der Waals surface area contributed by atoms with Crippen molar-refractivity contribution in [2.45, 2.75) is 19.4 Å². The van der Waals surface area contributed by atoms with Crippen LogP contribution >= 0.6 is 0 Å². The number of nitrogens with zero attached hydrogens (tertiary/aromatic N) is 2. The first-order valence-corrected chi connectivity index (χ1v) is 9.76. The molecule has 1 saturated heterocycles. The molecule has 0 N–H and O–H groups in total. The van der Waals surface area contributed by atoms with E-state index < -0.39 is 0 Å². The highest BCUT2D eigenvalue weighted by atomic mass is 19.1. The minimum Gasteiger partial charge on any atom is -0.454 e. The van der Waals surface area contributed by atoms with Crippen molar-refractivity contribution in [3.8, 4) is 11.5 Å². The first-order chi connectivity index (χ1) is 14.1. The molecule has 1 fully saturated rings. The lowest BCUT2D eigenvalue weighted by molar-refractivity contribution is -0.132. The van der Waals surface area contributed by atoms with E-state index in [0.29, 0.717) is 18.7 Å². The summed E-state index contributed by atoms with van der Waals surface area (Å²) in [5.74, 6) is 1.03. The molecule has 2 aromatic carbocycles. The van der Waals surface area contributed by atoms with Crippen molar-refractivity contribution in [2.24, 2.45) is 0 Å². The number of carbonyl (C=O) groups is 2. The van der Waals surface area contributed by atoms with Crippen LogP contribution in [-0.2, 0) is 11.3 Å². The Balaban J connectivity index is 1.22. The molecule has 0 unspecified atom stereocenters.